The van der Waals surface area contributed by atoms with Crippen molar-refractivity contribution in [2.24, 2.45) is 0 Å². The van der Waals surface area contributed by atoms with Crippen molar-refractivity contribution in [2.45, 2.75) is 0 Å². The third-order valence-electron chi connectivity index (χ3n) is 1.42. The minimum atomic E-state index is 0. The summed E-state index contributed by atoms with van der Waals surface area (Å²) in [7, 11) is 0. The van der Waals surface area contributed by atoms with E-state index in [2.05, 4.69) is 31.1 Å². The Morgan fingerprint density at radius 3 is 2.50 bits per heavy atom. The highest BCUT2D eigenvalue weighted by Crippen LogP contribution is 2.19. The van der Waals surface area contributed by atoms with Crippen molar-refractivity contribution >= 4 is 43.7 Å². The second-order valence-corrected chi connectivity index (χ2v) is 2.97. The van der Waals surface area contributed by atoms with Gasteiger partial charge in [0.15, 0.2) is 0 Å². The van der Waals surface area contributed by atoms with Gasteiger partial charge in [0.1, 0.15) is 0 Å². The zero-order chi connectivity index (χ0) is 7.68. The number of halogens is 2. The molecular weight excluding hydrogens is 286 g/mol. The van der Waals surface area contributed by atoms with E-state index in [0.29, 0.717) is 0 Å². The van der Waals surface area contributed by atoms with Crippen LogP contribution < -0.4 is 0 Å². The van der Waals surface area contributed by atoms with E-state index in [1.807, 2.05) is 0 Å². The fourth-order valence-corrected chi connectivity index (χ4v) is 1.34. The molecule has 0 N–H and O–H groups in total. The van der Waals surface area contributed by atoms with Crippen molar-refractivity contribution in [1.29, 1.82) is 0 Å². The summed E-state index contributed by atoms with van der Waals surface area (Å²) in [5.74, 6) is 0. The Labute approximate surface area is 88.1 Å². The monoisotopic (exact) mass is 289 g/mol. The minimum absolute atomic E-state index is 0. The standard InChI is InChI=1S/C7H4BrN3.BrH/c8-7-4-9-1-5-2-10-11-3-6(5)7;/h1-4H;1H. The first kappa shape index (κ1) is 9.54. The molecule has 0 spiro atoms. The number of aromatic nitrogens is 3. The molecule has 0 aliphatic carbocycles. The lowest BCUT2D eigenvalue weighted by molar-refractivity contribution is 1.05. The second-order valence-electron chi connectivity index (χ2n) is 2.11. The van der Waals surface area contributed by atoms with Crippen LogP contribution in [0.3, 0.4) is 0 Å². The van der Waals surface area contributed by atoms with Crippen molar-refractivity contribution in [1.82, 2.24) is 15.2 Å². The maximum atomic E-state index is 4.00. The van der Waals surface area contributed by atoms with Gasteiger partial charge < -0.3 is 0 Å². The number of nitrogens with zero attached hydrogens (tertiary/aromatic N) is 3. The lowest BCUT2D eigenvalue weighted by Gasteiger charge is -1.95. The van der Waals surface area contributed by atoms with E-state index in [1.165, 1.54) is 0 Å². The van der Waals surface area contributed by atoms with Gasteiger partial charge in [-0.05, 0) is 15.9 Å². The first-order chi connectivity index (χ1) is 5.38. The Morgan fingerprint density at radius 1 is 1.00 bits per heavy atom. The van der Waals surface area contributed by atoms with Crippen LogP contribution >= 0.6 is 32.9 Å². The fourth-order valence-electron chi connectivity index (χ4n) is 0.886. The molecule has 0 radical (unpaired) electrons. The van der Waals surface area contributed by atoms with Crippen LogP contribution in [-0.4, -0.2) is 15.2 Å². The largest absolute Gasteiger partial charge is 0.263 e. The van der Waals surface area contributed by atoms with Crippen LogP contribution in [0, 0.1) is 0 Å². The summed E-state index contributed by atoms with van der Waals surface area (Å²) in [5.41, 5.74) is 0. The number of fused-ring (bicyclic) bond motifs is 1. The summed E-state index contributed by atoms with van der Waals surface area (Å²) in [6.07, 6.45) is 6.90. The van der Waals surface area contributed by atoms with Crippen molar-refractivity contribution in [2.75, 3.05) is 0 Å². The molecule has 0 saturated heterocycles. The van der Waals surface area contributed by atoms with Gasteiger partial charge in [0.05, 0.1) is 12.4 Å². The van der Waals surface area contributed by atoms with Crippen LogP contribution in [0.2, 0.25) is 0 Å². The summed E-state index contributed by atoms with van der Waals surface area (Å²) in [5, 5.41) is 9.54. The molecule has 0 saturated carbocycles. The molecule has 0 amide bonds. The topological polar surface area (TPSA) is 38.7 Å². The number of rotatable bonds is 0. The molecule has 3 nitrogen and oxygen atoms in total. The third-order valence-corrected chi connectivity index (χ3v) is 2.05. The Morgan fingerprint density at radius 2 is 1.75 bits per heavy atom. The van der Waals surface area contributed by atoms with Crippen molar-refractivity contribution < 1.29 is 0 Å². The highest BCUT2D eigenvalue weighted by molar-refractivity contribution is 9.10. The lowest BCUT2D eigenvalue weighted by Crippen LogP contribution is -1.82. The maximum Gasteiger partial charge on any atom is 0.0590 e. The number of pyridine rings is 1. The van der Waals surface area contributed by atoms with Crippen LogP contribution in [0.15, 0.2) is 29.3 Å². The molecule has 0 atom stereocenters. The van der Waals surface area contributed by atoms with E-state index in [-0.39, 0.29) is 17.0 Å². The van der Waals surface area contributed by atoms with Crippen LogP contribution in [0.4, 0.5) is 0 Å². The molecule has 0 aliphatic heterocycles. The molecule has 2 rings (SSSR count). The molecule has 2 aromatic rings. The number of hydrogen-bond acceptors (Lipinski definition) is 3. The summed E-state index contributed by atoms with van der Waals surface area (Å²) < 4.78 is 0.949. The fraction of sp³-hybridized carbons (Fsp3) is 0. The van der Waals surface area contributed by atoms with Crippen LogP contribution in [-0.2, 0) is 0 Å². The Bertz CT molecular complexity index is 386. The first-order valence-corrected chi connectivity index (χ1v) is 3.87. The molecule has 0 aromatic carbocycles. The highest BCUT2D eigenvalue weighted by atomic mass is 79.9. The molecule has 0 unspecified atom stereocenters. The molecule has 0 fully saturated rings. The maximum absolute atomic E-state index is 4.00. The highest BCUT2D eigenvalue weighted by Gasteiger charge is 1.96. The van der Waals surface area contributed by atoms with Crippen molar-refractivity contribution in [3.8, 4) is 0 Å². The molecule has 0 bridgehead atoms. The Balaban J connectivity index is 0.000000720. The van der Waals surface area contributed by atoms with Crippen LogP contribution in [0.5, 0.6) is 0 Å². The normalized spacial score (nSPS) is 9.42. The Hall–Kier alpha value is -0.550. The second kappa shape index (κ2) is 3.91. The lowest BCUT2D eigenvalue weighted by atomic mass is 10.3. The van der Waals surface area contributed by atoms with Gasteiger partial charge in [-0.1, -0.05) is 0 Å². The smallest absolute Gasteiger partial charge is 0.0590 e. The minimum Gasteiger partial charge on any atom is -0.263 e. The van der Waals surface area contributed by atoms with Crippen LogP contribution in [0.25, 0.3) is 10.8 Å². The van der Waals surface area contributed by atoms with Crippen LogP contribution in [0.1, 0.15) is 0 Å². The predicted octanol–water partition coefficient (Wildman–Crippen LogP) is 2.37. The first-order valence-electron chi connectivity index (χ1n) is 3.08. The molecule has 0 aliphatic rings. The summed E-state index contributed by atoms with van der Waals surface area (Å²) in [6, 6.07) is 0. The van der Waals surface area contributed by atoms with E-state index < -0.39 is 0 Å². The quantitative estimate of drug-likeness (QED) is 0.748. The Kier molecular flexibility index (Phi) is 3.11. The molecule has 2 aromatic heterocycles. The van der Waals surface area contributed by atoms with Gasteiger partial charge >= 0.3 is 0 Å². The van der Waals surface area contributed by atoms with Gasteiger partial charge in [-0.25, -0.2) is 0 Å². The van der Waals surface area contributed by atoms with E-state index in [1.54, 1.807) is 24.8 Å². The van der Waals surface area contributed by atoms with Gasteiger partial charge in [-0.15, -0.1) is 17.0 Å². The van der Waals surface area contributed by atoms with Gasteiger partial charge in [0, 0.05) is 27.6 Å². The molecule has 5 heteroatoms. The SMILES string of the molecule is Br.Brc1cncc2cnncc12. The van der Waals surface area contributed by atoms with E-state index >= 15 is 0 Å². The zero-order valence-corrected chi connectivity index (χ0v) is 9.24. The molecule has 2 heterocycles. The van der Waals surface area contributed by atoms with Gasteiger partial charge in [0.2, 0.25) is 0 Å². The molecule has 12 heavy (non-hydrogen) atoms. The van der Waals surface area contributed by atoms with Gasteiger partial charge in [-0.3, -0.25) is 4.98 Å². The molecular formula is C7H5Br2N3. The van der Waals surface area contributed by atoms with Crippen molar-refractivity contribution in [3.63, 3.8) is 0 Å². The zero-order valence-electron chi connectivity index (χ0n) is 5.94. The predicted molar refractivity (Wildman–Crippen MR) is 55.4 cm³/mol. The summed E-state index contributed by atoms with van der Waals surface area (Å²) in [6.45, 7) is 0. The van der Waals surface area contributed by atoms with E-state index in [4.69, 9.17) is 0 Å². The van der Waals surface area contributed by atoms with E-state index in [9.17, 15) is 0 Å². The van der Waals surface area contributed by atoms with Gasteiger partial charge in [-0.2, -0.15) is 10.2 Å². The summed E-state index contributed by atoms with van der Waals surface area (Å²) >= 11 is 3.37. The molecule has 62 valence electrons. The average Bonchev–Trinajstić information content (AvgIpc) is 2.06. The number of hydrogen-bond donors (Lipinski definition) is 0. The third kappa shape index (κ3) is 1.61. The summed E-state index contributed by atoms with van der Waals surface area (Å²) in [4.78, 5) is 4.00. The van der Waals surface area contributed by atoms with E-state index in [0.717, 1.165) is 15.2 Å². The van der Waals surface area contributed by atoms with Gasteiger partial charge in [0.25, 0.3) is 0 Å². The van der Waals surface area contributed by atoms with Crippen molar-refractivity contribution in [3.05, 3.63) is 29.3 Å². The average molecular weight is 291 g/mol.